The fourth-order valence-corrected chi connectivity index (χ4v) is 2.55. The Morgan fingerprint density at radius 3 is 2.32 bits per heavy atom. The molecule has 1 fully saturated rings. The van der Waals surface area contributed by atoms with Gasteiger partial charge in [-0.05, 0) is 49.5 Å². The molecule has 4 heteroatoms. The standard InChI is InChI=1S/C15H16O4.C7H14.C2H6/c1-4-6-13(7-5-2)19-14-9-11(15(17)18-3)8-12(16)10-14;1-3-7(2)5-4-6-7;1-2/h4-10,16H,1H2,2-3H3;3-6H2,1-2H3;1-2H3/b7-5-,13-6+;;. The van der Waals surface area contributed by atoms with Gasteiger partial charge >= 0.3 is 5.97 Å². The van der Waals surface area contributed by atoms with Crippen LogP contribution in [0.15, 0.2) is 54.8 Å². The van der Waals surface area contributed by atoms with E-state index in [1.165, 1.54) is 51.0 Å². The van der Waals surface area contributed by atoms with Crippen molar-refractivity contribution in [3.05, 3.63) is 60.4 Å². The minimum absolute atomic E-state index is 0.0728. The second-order valence-corrected chi connectivity index (χ2v) is 6.63. The number of phenolic OH excluding ortho intramolecular Hbond substituents is 1. The molecule has 1 saturated carbocycles. The summed E-state index contributed by atoms with van der Waals surface area (Å²) in [4.78, 5) is 11.4. The van der Waals surface area contributed by atoms with Gasteiger partial charge in [0, 0.05) is 6.07 Å². The molecule has 1 aromatic carbocycles. The van der Waals surface area contributed by atoms with Gasteiger partial charge in [-0.25, -0.2) is 4.79 Å². The van der Waals surface area contributed by atoms with E-state index in [-0.39, 0.29) is 11.3 Å². The van der Waals surface area contributed by atoms with E-state index in [0.717, 1.165) is 5.41 Å². The van der Waals surface area contributed by atoms with Gasteiger partial charge in [-0.2, -0.15) is 0 Å². The number of rotatable bonds is 6. The first-order chi connectivity index (χ1) is 13.4. The molecule has 0 amide bonds. The van der Waals surface area contributed by atoms with Gasteiger partial charge in [0.05, 0.1) is 12.7 Å². The van der Waals surface area contributed by atoms with Crippen LogP contribution < -0.4 is 4.74 Å². The quantitative estimate of drug-likeness (QED) is 0.330. The molecule has 0 heterocycles. The van der Waals surface area contributed by atoms with Crippen LogP contribution in [0.4, 0.5) is 0 Å². The number of benzene rings is 1. The third-order valence-corrected chi connectivity index (χ3v) is 4.58. The van der Waals surface area contributed by atoms with Crippen molar-refractivity contribution in [2.24, 2.45) is 5.41 Å². The van der Waals surface area contributed by atoms with E-state index < -0.39 is 5.97 Å². The molecule has 156 valence electrons. The molecule has 0 radical (unpaired) electrons. The average Bonchev–Trinajstić information content (AvgIpc) is 2.67. The Bertz CT molecular complexity index is 662. The van der Waals surface area contributed by atoms with Gasteiger partial charge in [0.15, 0.2) is 0 Å². The van der Waals surface area contributed by atoms with E-state index in [1.54, 1.807) is 24.3 Å². The van der Waals surface area contributed by atoms with Gasteiger partial charge in [-0.3, -0.25) is 0 Å². The zero-order chi connectivity index (χ0) is 21.6. The van der Waals surface area contributed by atoms with Crippen molar-refractivity contribution in [1.29, 1.82) is 0 Å². The summed E-state index contributed by atoms with van der Waals surface area (Å²) in [6, 6.07) is 4.21. The van der Waals surface area contributed by atoms with E-state index >= 15 is 0 Å². The Morgan fingerprint density at radius 1 is 1.29 bits per heavy atom. The molecule has 1 aliphatic rings. The van der Waals surface area contributed by atoms with Crippen molar-refractivity contribution in [3.63, 3.8) is 0 Å². The fraction of sp³-hybridized carbons (Fsp3) is 0.458. The number of allylic oxidation sites excluding steroid dienone is 4. The lowest BCUT2D eigenvalue weighted by molar-refractivity contribution is 0.0600. The highest BCUT2D eigenvalue weighted by Gasteiger charge is 2.28. The van der Waals surface area contributed by atoms with Crippen LogP contribution in [0.25, 0.3) is 0 Å². The van der Waals surface area contributed by atoms with Gasteiger partial charge in [0.2, 0.25) is 0 Å². The van der Waals surface area contributed by atoms with Crippen molar-refractivity contribution in [3.8, 4) is 11.5 Å². The number of hydrogen-bond acceptors (Lipinski definition) is 4. The molecule has 2 rings (SSSR count). The molecule has 0 spiro atoms. The Hall–Kier alpha value is -2.49. The molecule has 1 N–H and O–H groups in total. The lowest BCUT2D eigenvalue weighted by Crippen LogP contribution is -2.23. The molecule has 1 aliphatic carbocycles. The molecule has 28 heavy (non-hydrogen) atoms. The van der Waals surface area contributed by atoms with E-state index in [0.29, 0.717) is 11.5 Å². The number of ether oxygens (including phenoxy) is 2. The highest BCUT2D eigenvalue weighted by molar-refractivity contribution is 5.90. The van der Waals surface area contributed by atoms with Gasteiger partial charge in [-0.15, -0.1) is 0 Å². The van der Waals surface area contributed by atoms with Crippen molar-refractivity contribution < 1.29 is 19.4 Å². The molecule has 0 atom stereocenters. The summed E-state index contributed by atoms with van der Waals surface area (Å²) in [5, 5.41) is 9.57. The maximum Gasteiger partial charge on any atom is 0.338 e. The summed E-state index contributed by atoms with van der Waals surface area (Å²) in [6.07, 6.45) is 12.6. The number of hydrogen-bond donors (Lipinski definition) is 1. The van der Waals surface area contributed by atoms with E-state index in [1.807, 2.05) is 20.8 Å². The minimum Gasteiger partial charge on any atom is -0.508 e. The fourth-order valence-electron chi connectivity index (χ4n) is 2.55. The van der Waals surface area contributed by atoms with E-state index in [2.05, 4.69) is 25.2 Å². The summed E-state index contributed by atoms with van der Waals surface area (Å²) in [5.41, 5.74) is 0.982. The Labute approximate surface area is 170 Å². The molecule has 1 aromatic rings. The lowest BCUT2D eigenvalue weighted by Gasteiger charge is -2.37. The van der Waals surface area contributed by atoms with E-state index in [4.69, 9.17) is 4.74 Å². The molecular weight excluding hydrogens is 352 g/mol. The lowest BCUT2D eigenvalue weighted by atomic mass is 9.69. The largest absolute Gasteiger partial charge is 0.508 e. The van der Waals surface area contributed by atoms with Crippen LogP contribution in [-0.4, -0.2) is 18.2 Å². The molecule has 0 saturated heterocycles. The SMILES string of the molecule is C=C/C=C(\C=C/C)Oc1cc(O)cc(C(=O)OC)c1.CC.CCC1(C)CCC1. The number of carbonyl (C=O) groups excluding carboxylic acids is 1. The van der Waals surface area contributed by atoms with Crippen LogP contribution in [0, 0.1) is 5.41 Å². The first-order valence-corrected chi connectivity index (χ1v) is 9.93. The Balaban J connectivity index is 0.000000670. The van der Waals surface area contributed by atoms with E-state index in [9.17, 15) is 9.90 Å². The van der Waals surface area contributed by atoms with Gasteiger partial charge in [-0.1, -0.05) is 59.3 Å². The number of methoxy groups -OCH3 is 1. The Morgan fingerprint density at radius 2 is 1.93 bits per heavy atom. The van der Waals surface area contributed by atoms with Crippen molar-refractivity contribution in [1.82, 2.24) is 0 Å². The molecular formula is C24H36O4. The van der Waals surface area contributed by atoms with Crippen LogP contribution in [0.5, 0.6) is 11.5 Å². The summed E-state index contributed by atoms with van der Waals surface area (Å²) in [5.74, 6) is 0.267. The predicted octanol–water partition coefficient (Wildman–Crippen LogP) is 6.82. The van der Waals surface area contributed by atoms with Crippen LogP contribution in [0.3, 0.4) is 0 Å². The summed E-state index contributed by atoms with van der Waals surface area (Å²) < 4.78 is 10.1. The van der Waals surface area contributed by atoms with Gasteiger partial charge in [0.1, 0.15) is 17.3 Å². The normalized spacial score (nSPS) is 14.6. The maximum absolute atomic E-state index is 11.4. The molecule has 0 aromatic heterocycles. The number of phenols is 1. The highest BCUT2D eigenvalue weighted by atomic mass is 16.5. The maximum atomic E-state index is 11.4. The number of esters is 1. The molecule has 0 aliphatic heterocycles. The second kappa shape index (κ2) is 13.6. The summed E-state index contributed by atoms with van der Waals surface area (Å²) >= 11 is 0. The third kappa shape index (κ3) is 8.94. The summed E-state index contributed by atoms with van der Waals surface area (Å²) in [7, 11) is 1.27. The predicted molar refractivity (Wildman–Crippen MR) is 117 cm³/mol. The van der Waals surface area contributed by atoms with Crippen molar-refractivity contribution in [2.75, 3.05) is 7.11 Å². The second-order valence-electron chi connectivity index (χ2n) is 6.63. The summed E-state index contributed by atoms with van der Waals surface area (Å²) in [6.45, 7) is 14.1. The van der Waals surface area contributed by atoms with Gasteiger partial charge in [0.25, 0.3) is 0 Å². The Kier molecular flexibility index (Phi) is 12.4. The smallest absolute Gasteiger partial charge is 0.338 e. The van der Waals surface area contributed by atoms with Crippen molar-refractivity contribution in [2.45, 2.75) is 60.3 Å². The first kappa shape index (κ1) is 25.5. The van der Waals surface area contributed by atoms with Crippen LogP contribution in [-0.2, 0) is 4.74 Å². The monoisotopic (exact) mass is 388 g/mol. The van der Waals surface area contributed by atoms with Crippen LogP contribution >= 0.6 is 0 Å². The average molecular weight is 389 g/mol. The first-order valence-electron chi connectivity index (χ1n) is 9.93. The van der Waals surface area contributed by atoms with Crippen LogP contribution in [0.1, 0.15) is 70.7 Å². The van der Waals surface area contributed by atoms with Gasteiger partial charge < -0.3 is 14.6 Å². The molecule has 4 nitrogen and oxygen atoms in total. The zero-order valence-corrected chi connectivity index (χ0v) is 18.2. The topological polar surface area (TPSA) is 55.8 Å². The molecule has 0 unspecified atom stereocenters. The van der Waals surface area contributed by atoms with Crippen molar-refractivity contribution >= 4 is 5.97 Å². The molecule has 0 bridgehead atoms. The number of carbonyl (C=O) groups is 1. The third-order valence-electron chi connectivity index (χ3n) is 4.58. The number of aromatic hydroxyl groups is 1. The van der Waals surface area contributed by atoms with Crippen LogP contribution in [0.2, 0.25) is 0 Å². The highest BCUT2D eigenvalue weighted by Crippen LogP contribution is 2.42. The minimum atomic E-state index is -0.541. The zero-order valence-electron chi connectivity index (χ0n) is 18.2.